The predicted octanol–water partition coefficient (Wildman–Crippen LogP) is 2.50. The molecule has 6 aliphatic rings. The molecule has 1 heterocycles. The first-order valence-corrected chi connectivity index (χ1v) is 8.76. The highest BCUT2D eigenvalue weighted by Crippen LogP contribution is 2.56. The van der Waals surface area contributed by atoms with E-state index in [1.54, 1.807) is 32.1 Å². The van der Waals surface area contributed by atoms with Crippen molar-refractivity contribution in [2.75, 3.05) is 26.2 Å². The van der Waals surface area contributed by atoms with E-state index >= 15 is 0 Å². The van der Waals surface area contributed by atoms with Gasteiger partial charge in [0.15, 0.2) is 0 Å². The van der Waals surface area contributed by atoms with Crippen LogP contribution in [0.1, 0.15) is 44.9 Å². The fourth-order valence-electron chi connectivity index (χ4n) is 6.40. The van der Waals surface area contributed by atoms with Crippen molar-refractivity contribution >= 4 is 0 Å². The van der Waals surface area contributed by atoms with Gasteiger partial charge >= 0.3 is 0 Å². The monoisotopic (exact) mass is 260 g/mol. The van der Waals surface area contributed by atoms with Crippen LogP contribution in [0.25, 0.3) is 0 Å². The molecule has 1 spiro atoms. The zero-order valence-corrected chi connectivity index (χ0v) is 12.1. The Bertz CT molecular complexity index is 345. The SMILES string of the molecule is C1CN(C2C3CC4CC(C3)CC2C4)CC2(CC2)CN1. The first kappa shape index (κ1) is 11.6. The van der Waals surface area contributed by atoms with Crippen molar-refractivity contribution in [3.63, 3.8) is 0 Å². The minimum atomic E-state index is 0.700. The molecular weight excluding hydrogens is 232 g/mol. The number of nitrogens with one attached hydrogen (secondary N) is 1. The Labute approximate surface area is 117 Å². The largest absolute Gasteiger partial charge is 0.315 e. The van der Waals surface area contributed by atoms with Crippen LogP contribution in [0.2, 0.25) is 0 Å². The van der Waals surface area contributed by atoms with Crippen LogP contribution >= 0.6 is 0 Å². The first-order chi connectivity index (χ1) is 9.31. The van der Waals surface area contributed by atoms with Crippen LogP contribution in [0, 0.1) is 29.1 Å². The van der Waals surface area contributed by atoms with Crippen molar-refractivity contribution in [1.29, 1.82) is 0 Å². The third-order valence-corrected chi connectivity index (χ3v) is 7.17. The van der Waals surface area contributed by atoms with Crippen LogP contribution in [-0.4, -0.2) is 37.1 Å². The summed E-state index contributed by atoms with van der Waals surface area (Å²) in [6.07, 6.45) is 10.9. The number of rotatable bonds is 1. The van der Waals surface area contributed by atoms with Gasteiger partial charge < -0.3 is 5.32 Å². The van der Waals surface area contributed by atoms with Crippen molar-refractivity contribution in [2.45, 2.75) is 51.0 Å². The Morgan fingerprint density at radius 3 is 2.21 bits per heavy atom. The molecule has 0 unspecified atom stereocenters. The van der Waals surface area contributed by atoms with Gasteiger partial charge in [0.25, 0.3) is 0 Å². The zero-order chi connectivity index (χ0) is 12.4. The van der Waals surface area contributed by atoms with Gasteiger partial charge in [-0.05, 0) is 74.0 Å². The predicted molar refractivity (Wildman–Crippen MR) is 76.9 cm³/mol. The van der Waals surface area contributed by atoms with E-state index in [0.29, 0.717) is 5.41 Å². The highest BCUT2D eigenvalue weighted by molar-refractivity contribution is 5.06. The molecule has 0 atom stereocenters. The lowest BCUT2D eigenvalue weighted by Crippen LogP contribution is -2.57. The summed E-state index contributed by atoms with van der Waals surface area (Å²) < 4.78 is 0. The molecule has 5 saturated carbocycles. The maximum atomic E-state index is 3.71. The molecule has 1 N–H and O–H groups in total. The maximum absolute atomic E-state index is 3.71. The average molecular weight is 260 g/mol. The van der Waals surface area contributed by atoms with Crippen molar-refractivity contribution in [1.82, 2.24) is 10.2 Å². The van der Waals surface area contributed by atoms with Gasteiger partial charge in [0.1, 0.15) is 0 Å². The van der Waals surface area contributed by atoms with Gasteiger partial charge in [-0.15, -0.1) is 0 Å². The second-order valence-corrected chi connectivity index (χ2v) is 8.57. The number of hydrogen-bond acceptors (Lipinski definition) is 2. The summed E-state index contributed by atoms with van der Waals surface area (Å²) in [6.45, 7) is 5.29. The second kappa shape index (κ2) is 3.98. The highest BCUT2D eigenvalue weighted by Gasteiger charge is 2.52. The van der Waals surface area contributed by atoms with E-state index in [1.807, 2.05) is 0 Å². The molecule has 1 aliphatic heterocycles. The summed E-state index contributed by atoms with van der Waals surface area (Å²) in [5.41, 5.74) is 0.700. The van der Waals surface area contributed by atoms with Gasteiger partial charge in [-0.3, -0.25) is 4.90 Å². The van der Waals surface area contributed by atoms with E-state index in [4.69, 9.17) is 0 Å². The molecule has 0 aromatic carbocycles. The van der Waals surface area contributed by atoms with E-state index in [2.05, 4.69) is 10.2 Å². The zero-order valence-electron chi connectivity index (χ0n) is 12.1. The molecule has 106 valence electrons. The first-order valence-electron chi connectivity index (χ1n) is 8.76. The van der Waals surface area contributed by atoms with Crippen LogP contribution in [0.4, 0.5) is 0 Å². The molecule has 0 aromatic rings. The molecule has 2 heteroatoms. The Kier molecular flexibility index (Phi) is 2.42. The third-order valence-electron chi connectivity index (χ3n) is 7.17. The smallest absolute Gasteiger partial charge is 0.0153 e. The van der Waals surface area contributed by atoms with E-state index in [-0.39, 0.29) is 0 Å². The molecule has 5 aliphatic carbocycles. The van der Waals surface area contributed by atoms with Crippen LogP contribution in [-0.2, 0) is 0 Å². The fraction of sp³-hybridized carbons (Fsp3) is 1.00. The third kappa shape index (κ3) is 1.82. The van der Waals surface area contributed by atoms with E-state index in [0.717, 1.165) is 29.7 Å². The van der Waals surface area contributed by atoms with E-state index in [1.165, 1.54) is 39.0 Å². The topological polar surface area (TPSA) is 15.3 Å². The molecular formula is C17H28N2. The second-order valence-electron chi connectivity index (χ2n) is 8.57. The van der Waals surface area contributed by atoms with Crippen LogP contribution < -0.4 is 5.32 Å². The van der Waals surface area contributed by atoms with Crippen molar-refractivity contribution in [3.8, 4) is 0 Å². The Morgan fingerprint density at radius 2 is 1.58 bits per heavy atom. The van der Waals surface area contributed by atoms with Crippen LogP contribution in [0.3, 0.4) is 0 Å². The summed E-state index contributed by atoms with van der Waals surface area (Å²) in [5.74, 6) is 4.40. The van der Waals surface area contributed by atoms with Gasteiger partial charge in [0, 0.05) is 32.2 Å². The molecule has 19 heavy (non-hydrogen) atoms. The summed E-state index contributed by atoms with van der Waals surface area (Å²) in [5, 5.41) is 3.71. The van der Waals surface area contributed by atoms with Crippen molar-refractivity contribution in [3.05, 3.63) is 0 Å². The van der Waals surface area contributed by atoms with Crippen molar-refractivity contribution < 1.29 is 0 Å². The average Bonchev–Trinajstić information content (AvgIpc) is 3.16. The molecule has 0 aromatic heterocycles. The molecule has 0 radical (unpaired) electrons. The summed E-state index contributed by atoms with van der Waals surface area (Å²) in [4.78, 5) is 2.96. The summed E-state index contributed by atoms with van der Waals surface area (Å²) in [6, 6.07) is 0.977. The Hall–Kier alpha value is -0.0800. The van der Waals surface area contributed by atoms with Gasteiger partial charge in [-0.2, -0.15) is 0 Å². The van der Waals surface area contributed by atoms with Crippen molar-refractivity contribution in [2.24, 2.45) is 29.1 Å². The molecule has 1 saturated heterocycles. The Balaban J connectivity index is 1.40. The summed E-state index contributed by atoms with van der Waals surface area (Å²) >= 11 is 0. The summed E-state index contributed by atoms with van der Waals surface area (Å²) in [7, 11) is 0. The molecule has 6 fully saturated rings. The van der Waals surface area contributed by atoms with Gasteiger partial charge in [0.05, 0.1) is 0 Å². The lowest BCUT2D eigenvalue weighted by atomic mass is 9.54. The standard InChI is InChI=1S/C17H28N2/c1-2-17(1)10-18-3-4-19(11-17)16-14-6-12-5-13(8-14)9-15(16)7-12/h12-16,18H,1-11H2. The fourth-order valence-corrected chi connectivity index (χ4v) is 6.40. The lowest BCUT2D eigenvalue weighted by molar-refractivity contribution is -0.0673. The Morgan fingerprint density at radius 1 is 0.895 bits per heavy atom. The highest BCUT2D eigenvalue weighted by atomic mass is 15.2. The molecule has 6 rings (SSSR count). The van der Waals surface area contributed by atoms with Crippen LogP contribution in [0.15, 0.2) is 0 Å². The minimum Gasteiger partial charge on any atom is -0.315 e. The van der Waals surface area contributed by atoms with Gasteiger partial charge in [-0.25, -0.2) is 0 Å². The lowest BCUT2D eigenvalue weighted by Gasteiger charge is -2.57. The quantitative estimate of drug-likeness (QED) is 0.779. The minimum absolute atomic E-state index is 0.700. The van der Waals surface area contributed by atoms with Crippen LogP contribution in [0.5, 0.6) is 0 Å². The molecule has 0 amide bonds. The van der Waals surface area contributed by atoms with Gasteiger partial charge in [0.2, 0.25) is 0 Å². The number of hydrogen-bond donors (Lipinski definition) is 1. The molecule has 2 nitrogen and oxygen atoms in total. The normalized spacial score (nSPS) is 51.5. The van der Waals surface area contributed by atoms with E-state index < -0.39 is 0 Å². The van der Waals surface area contributed by atoms with Gasteiger partial charge in [-0.1, -0.05) is 0 Å². The van der Waals surface area contributed by atoms with E-state index in [9.17, 15) is 0 Å². The maximum Gasteiger partial charge on any atom is 0.0153 e. The molecule has 4 bridgehead atoms. The number of nitrogens with zero attached hydrogens (tertiary/aromatic N) is 1.